The van der Waals surface area contributed by atoms with Crippen molar-refractivity contribution in [2.24, 2.45) is 11.7 Å². The summed E-state index contributed by atoms with van der Waals surface area (Å²) in [6.07, 6.45) is 6.36. The van der Waals surface area contributed by atoms with E-state index >= 15 is 0 Å². The molecule has 0 aromatic carbocycles. The number of carboxylic acid groups (broad SMARTS) is 1. The number of aromatic nitrogens is 1. The van der Waals surface area contributed by atoms with Crippen molar-refractivity contribution in [2.45, 2.75) is 69.6 Å². The normalized spacial score (nSPS) is 18.1. The van der Waals surface area contributed by atoms with Gasteiger partial charge in [-0.3, -0.25) is 4.98 Å². The molecule has 0 radical (unpaired) electrons. The zero-order valence-electron chi connectivity index (χ0n) is 17.1. The van der Waals surface area contributed by atoms with Gasteiger partial charge >= 0.3 is 5.97 Å². The van der Waals surface area contributed by atoms with Gasteiger partial charge in [0.05, 0.1) is 25.4 Å². The Morgan fingerprint density at radius 1 is 1.41 bits per heavy atom. The molecule has 5 N–H and O–H groups in total. The number of nitrogens with two attached hydrogens (primary N) is 1. The Morgan fingerprint density at radius 3 is 2.83 bits per heavy atom. The van der Waals surface area contributed by atoms with E-state index in [1.807, 2.05) is 6.92 Å². The molecule has 3 atom stereocenters. The van der Waals surface area contributed by atoms with Crippen molar-refractivity contribution in [3.05, 3.63) is 24.0 Å². The fraction of sp³-hybridized carbons (Fsp3) is 0.714. The van der Waals surface area contributed by atoms with Gasteiger partial charge in [-0.25, -0.2) is 4.79 Å². The second-order valence-corrected chi connectivity index (χ2v) is 7.86. The number of hydrogen-bond donors (Lipinski definition) is 4. The van der Waals surface area contributed by atoms with E-state index in [9.17, 15) is 20.1 Å². The Kier molecular flexibility index (Phi) is 9.29. The van der Waals surface area contributed by atoms with Gasteiger partial charge in [0.25, 0.3) is 0 Å². The minimum Gasteiger partial charge on any atom is -0.493 e. The number of aliphatic hydroxyl groups is 2. The van der Waals surface area contributed by atoms with Gasteiger partial charge in [-0.2, -0.15) is 0 Å². The summed E-state index contributed by atoms with van der Waals surface area (Å²) < 4.78 is 11.1. The van der Waals surface area contributed by atoms with Gasteiger partial charge < -0.3 is 30.5 Å². The molecule has 1 fully saturated rings. The van der Waals surface area contributed by atoms with E-state index in [0.717, 1.165) is 12.3 Å². The van der Waals surface area contributed by atoms with Crippen LogP contribution in [0.2, 0.25) is 0 Å². The number of ether oxygens (including phenoxy) is 2. The first kappa shape index (κ1) is 23.5. The van der Waals surface area contributed by atoms with Crippen LogP contribution in [0.4, 0.5) is 0 Å². The van der Waals surface area contributed by atoms with Gasteiger partial charge in [-0.05, 0) is 37.7 Å². The summed E-state index contributed by atoms with van der Waals surface area (Å²) in [5, 5.41) is 29.8. The van der Waals surface area contributed by atoms with Crippen LogP contribution in [0.3, 0.4) is 0 Å². The molecule has 1 saturated carbocycles. The highest BCUT2D eigenvalue weighted by atomic mass is 16.5. The molecule has 2 rings (SSSR count). The van der Waals surface area contributed by atoms with Crippen LogP contribution in [0.15, 0.2) is 18.3 Å². The molecule has 1 aliphatic rings. The number of nitrogens with zero attached hydrogens (tertiary/aromatic N) is 1. The molecule has 1 aromatic heterocycles. The molecule has 1 aromatic rings. The molecular weight excluding hydrogens is 376 g/mol. The largest absolute Gasteiger partial charge is 0.493 e. The summed E-state index contributed by atoms with van der Waals surface area (Å²) in [7, 11) is 0. The van der Waals surface area contributed by atoms with Crippen LogP contribution >= 0.6 is 0 Å². The summed E-state index contributed by atoms with van der Waals surface area (Å²) in [6.45, 7) is 2.73. The topological polar surface area (TPSA) is 135 Å². The first-order chi connectivity index (χ1) is 13.8. The van der Waals surface area contributed by atoms with E-state index < -0.39 is 17.6 Å². The number of aliphatic carboxylic acids is 1. The molecule has 0 bridgehead atoms. The first-order valence-corrected chi connectivity index (χ1v) is 10.4. The number of carboxylic acids is 1. The monoisotopic (exact) mass is 410 g/mol. The van der Waals surface area contributed by atoms with Crippen LogP contribution in [0.25, 0.3) is 0 Å². The highest BCUT2D eigenvalue weighted by molar-refractivity contribution is 5.78. The standard InChI is InChI=1S/C21H34N2O6/c1-2-17(24)4-3-10-28-14-19(22)21(27,20(25)26)13-16-12-18(7-9-23-16)29-11-8-15-5-6-15/h7,9,12,15,17,19,24,27H,2-6,8,10-11,13-14,22H2,1H3,(H,25,26). The average Bonchev–Trinajstić information content (AvgIpc) is 3.51. The molecule has 0 amide bonds. The predicted molar refractivity (Wildman–Crippen MR) is 108 cm³/mol. The SMILES string of the molecule is CCC(O)CCCOCC(N)C(O)(Cc1cc(OCCC2CC2)ccn1)C(=O)O. The quantitative estimate of drug-likeness (QED) is 0.320. The van der Waals surface area contributed by atoms with Crippen molar-refractivity contribution in [3.8, 4) is 5.75 Å². The van der Waals surface area contributed by atoms with Crippen molar-refractivity contribution in [2.75, 3.05) is 19.8 Å². The maximum absolute atomic E-state index is 11.7. The molecule has 1 heterocycles. The Morgan fingerprint density at radius 2 is 2.17 bits per heavy atom. The molecule has 164 valence electrons. The van der Waals surface area contributed by atoms with Crippen LogP contribution in [0, 0.1) is 5.92 Å². The molecule has 8 heteroatoms. The number of hydrogen-bond acceptors (Lipinski definition) is 7. The fourth-order valence-electron chi connectivity index (χ4n) is 3.01. The molecule has 1 aliphatic carbocycles. The van der Waals surface area contributed by atoms with Crippen molar-refractivity contribution >= 4 is 5.97 Å². The Balaban J connectivity index is 1.86. The highest BCUT2D eigenvalue weighted by Gasteiger charge is 2.43. The summed E-state index contributed by atoms with van der Waals surface area (Å²) in [5.74, 6) is -0.0591. The Labute approximate surface area is 172 Å². The maximum Gasteiger partial charge on any atom is 0.337 e. The van der Waals surface area contributed by atoms with Crippen molar-refractivity contribution < 1.29 is 29.6 Å². The zero-order valence-corrected chi connectivity index (χ0v) is 17.1. The summed E-state index contributed by atoms with van der Waals surface area (Å²) in [5.41, 5.74) is 4.15. The number of carbonyl (C=O) groups is 1. The molecule has 0 spiro atoms. The maximum atomic E-state index is 11.7. The molecule has 29 heavy (non-hydrogen) atoms. The van der Waals surface area contributed by atoms with Crippen LogP contribution < -0.4 is 10.5 Å². The molecular formula is C21H34N2O6. The van der Waals surface area contributed by atoms with Gasteiger partial charge in [0, 0.05) is 31.0 Å². The molecule has 0 saturated heterocycles. The number of rotatable bonds is 15. The number of pyridine rings is 1. The summed E-state index contributed by atoms with van der Waals surface area (Å²) in [4.78, 5) is 15.9. The zero-order chi connectivity index (χ0) is 21.3. The van der Waals surface area contributed by atoms with Gasteiger partial charge in [0.15, 0.2) is 5.60 Å². The summed E-state index contributed by atoms with van der Waals surface area (Å²) >= 11 is 0. The van der Waals surface area contributed by atoms with Gasteiger partial charge in [-0.1, -0.05) is 19.8 Å². The minimum absolute atomic E-state index is 0.109. The molecule has 3 unspecified atom stereocenters. The smallest absolute Gasteiger partial charge is 0.337 e. The van der Waals surface area contributed by atoms with Crippen LogP contribution in [-0.4, -0.2) is 63.8 Å². The minimum atomic E-state index is -2.21. The van der Waals surface area contributed by atoms with E-state index in [1.165, 1.54) is 19.0 Å². The van der Waals surface area contributed by atoms with E-state index in [0.29, 0.717) is 43.9 Å². The number of aliphatic hydroxyl groups excluding tert-OH is 1. The van der Waals surface area contributed by atoms with Crippen LogP contribution in [0.5, 0.6) is 5.75 Å². The predicted octanol–water partition coefficient (Wildman–Crippen LogP) is 1.51. The van der Waals surface area contributed by atoms with Crippen LogP contribution in [-0.2, 0) is 16.0 Å². The van der Waals surface area contributed by atoms with E-state index in [-0.39, 0.29) is 19.1 Å². The average molecular weight is 411 g/mol. The lowest BCUT2D eigenvalue weighted by Crippen LogP contribution is -2.57. The van der Waals surface area contributed by atoms with Gasteiger partial charge in [0.1, 0.15) is 5.75 Å². The van der Waals surface area contributed by atoms with Crippen molar-refractivity contribution in [1.82, 2.24) is 4.98 Å². The van der Waals surface area contributed by atoms with Crippen molar-refractivity contribution in [3.63, 3.8) is 0 Å². The fourth-order valence-corrected chi connectivity index (χ4v) is 3.01. The van der Waals surface area contributed by atoms with Crippen molar-refractivity contribution in [1.29, 1.82) is 0 Å². The molecule has 8 nitrogen and oxygen atoms in total. The second kappa shape index (κ2) is 11.4. The van der Waals surface area contributed by atoms with Gasteiger partial charge in [-0.15, -0.1) is 0 Å². The lowest BCUT2D eigenvalue weighted by molar-refractivity contribution is -0.162. The van der Waals surface area contributed by atoms with Crippen LogP contribution in [0.1, 0.15) is 51.1 Å². The third kappa shape index (κ3) is 7.89. The summed E-state index contributed by atoms with van der Waals surface area (Å²) in [6, 6.07) is 2.22. The lowest BCUT2D eigenvalue weighted by atomic mass is 9.89. The lowest BCUT2D eigenvalue weighted by Gasteiger charge is -2.29. The third-order valence-corrected chi connectivity index (χ3v) is 5.31. The van der Waals surface area contributed by atoms with E-state index in [2.05, 4.69) is 4.98 Å². The second-order valence-electron chi connectivity index (χ2n) is 7.86. The highest BCUT2D eigenvalue weighted by Crippen LogP contribution is 2.32. The van der Waals surface area contributed by atoms with E-state index in [1.54, 1.807) is 12.1 Å². The Hall–Kier alpha value is -1.74. The molecule has 0 aliphatic heterocycles. The Bertz CT molecular complexity index is 639. The van der Waals surface area contributed by atoms with E-state index in [4.69, 9.17) is 15.2 Å². The third-order valence-electron chi connectivity index (χ3n) is 5.31. The van der Waals surface area contributed by atoms with Gasteiger partial charge in [0.2, 0.25) is 0 Å². The first-order valence-electron chi connectivity index (χ1n) is 10.4.